The molecule has 0 bridgehead atoms. The lowest BCUT2D eigenvalue weighted by Gasteiger charge is -2.14. The van der Waals surface area contributed by atoms with Gasteiger partial charge in [-0.2, -0.15) is 16.8 Å². The van der Waals surface area contributed by atoms with Crippen LogP contribution < -0.4 is 20.7 Å². The number of benzene rings is 6. The summed E-state index contributed by atoms with van der Waals surface area (Å²) in [5.41, 5.74) is 1.67. The monoisotopic (exact) mass is 739 g/mol. The minimum Gasteiger partial charge on any atom is -0.484 e. The Morgan fingerprint density at radius 2 is 1.08 bits per heavy atom. The highest BCUT2D eigenvalue weighted by atomic mass is 32.2. The number of carbonyl (C=O) groups excluding carboxylic acids is 3. The number of fused-ring (bicyclic) bond motifs is 2. The lowest BCUT2D eigenvalue weighted by Crippen LogP contribution is -2.22. The fourth-order valence-corrected chi connectivity index (χ4v) is 6.43. The molecule has 52 heavy (non-hydrogen) atoms. The van der Waals surface area contributed by atoms with Gasteiger partial charge in [0.2, 0.25) is 0 Å². The second kappa shape index (κ2) is 14.2. The molecule has 0 radical (unpaired) electrons. The third-order valence-electron chi connectivity index (χ3n) is 7.93. The summed E-state index contributed by atoms with van der Waals surface area (Å²) < 4.78 is 71.1. The Morgan fingerprint density at radius 1 is 0.596 bits per heavy atom. The van der Waals surface area contributed by atoms with E-state index in [0.717, 1.165) is 5.56 Å². The SMILES string of the molecule is Cc1ccc(OCC(=O)Nc2cc(C(=O)Nc3cccc4cc(S(=O)(=O)O)ccc34)cc(C(=O)Nc3cccc4cc(S(=O)(=O)O)ccc34)c2)cc1. The summed E-state index contributed by atoms with van der Waals surface area (Å²) in [7, 11) is -8.94. The molecule has 0 heterocycles. The molecule has 0 aliphatic carbocycles. The zero-order valence-corrected chi connectivity index (χ0v) is 28.8. The summed E-state index contributed by atoms with van der Waals surface area (Å²) in [6.07, 6.45) is 0. The molecule has 0 atom stereocenters. The van der Waals surface area contributed by atoms with Crippen LogP contribution in [0.5, 0.6) is 5.75 Å². The Kier molecular flexibility index (Phi) is 9.77. The van der Waals surface area contributed by atoms with Crippen LogP contribution in [0.15, 0.2) is 125 Å². The fraction of sp³-hybridized carbons (Fsp3) is 0.0541. The largest absolute Gasteiger partial charge is 0.484 e. The van der Waals surface area contributed by atoms with Gasteiger partial charge in [-0.05, 0) is 84.4 Å². The van der Waals surface area contributed by atoms with Crippen molar-refractivity contribution in [1.29, 1.82) is 0 Å². The van der Waals surface area contributed by atoms with Gasteiger partial charge in [-0.25, -0.2) is 0 Å². The van der Waals surface area contributed by atoms with Crippen molar-refractivity contribution < 1.29 is 45.1 Å². The van der Waals surface area contributed by atoms with Gasteiger partial charge in [0.05, 0.1) is 9.79 Å². The van der Waals surface area contributed by atoms with E-state index in [0.29, 0.717) is 38.7 Å². The van der Waals surface area contributed by atoms with E-state index < -0.39 is 38.0 Å². The molecule has 0 aliphatic heterocycles. The van der Waals surface area contributed by atoms with Crippen LogP contribution in [0.4, 0.5) is 17.1 Å². The predicted molar refractivity (Wildman–Crippen MR) is 195 cm³/mol. The van der Waals surface area contributed by atoms with E-state index in [4.69, 9.17) is 4.74 Å². The molecule has 3 amide bonds. The van der Waals surface area contributed by atoms with Gasteiger partial charge in [0.25, 0.3) is 38.0 Å². The van der Waals surface area contributed by atoms with Crippen LogP contribution in [0.3, 0.4) is 0 Å². The van der Waals surface area contributed by atoms with Gasteiger partial charge in [-0.15, -0.1) is 0 Å². The standard InChI is InChI=1S/C37H29N3O10S2/c1-22-8-10-28(11-9-22)50-21-35(41)38-27-17-25(36(42)39-33-6-2-4-23-19-29(51(44,45)46)12-14-31(23)33)16-26(18-27)37(43)40-34-7-3-5-24-20-30(52(47,48)49)13-15-32(24)34/h2-20H,21H2,1H3,(H,38,41)(H,39,42)(H,40,43)(H,44,45,46)(H,47,48,49). The highest BCUT2D eigenvalue weighted by Gasteiger charge is 2.18. The van der Waals surface area contributed by atoms with Crippen LogP contribution in [0.25, 0.3) is 21.5 Å². The first-order valence-electron chi connectivity index (χ1n) is 15.4. The van der Waals surface area contributed by atoms with Crippen molar-refractivity contribution in [3.05, 3.63) is 132 Å². The average molecular weight is 740 g/mol. The Labute approximate surface area is 297 Å². The maximum atomic E-state index is 13.7. The molecule has 5 N–H and O–H groups in total. The van der Waals surface area contributed by atoms with Crippen molar-refractivity contribution in [2.75, 3.05) is 22.6 Å². The van der Waals surface area contributed by atoms with Crippen molar-refractivity contribution in [2.24, 2.45) is 0 Å². The number of amides is 3. The Morgan fingerprint density at radius 3 is 1.54 bits per heavy atom. The van der Waals surface area contributed by atoms with Crippen molar-refractivity contribution in [1.82, 2.24) is 0 Å². The van der Waals surface area contributed by atoms with E-state index in [1.165, 1.54) is 54.6 Å². The summed E-state index contributed by atoms with van der Waals surface area (Å²) in [6.45, 7) is 1.54. The average Bonchev–Trinajstić information content (AvgIpc) is 3.10. The molecule has 0 aromatic heterocycles. The van der Waals surface area contributed by atoms with E-state index in [1.54, 1.807) is 48.5 Å². The van der Waals surface area contributed by atoms with E-state index in [2.05, 4.69) is 16.0 Å². The van der Waals surface area contributed by atoms with Crippen LogP contribution in [0.1, 0.15) is 26.3 Å². The first-order chi connectivity index (χ1) is 24.6. The van der Waals surface area contributed by atoms with Crippen molar-refractivity contribution in [3.8, 4) is 5.75 Å². The molecule has 0 unspecified atom stereocenters. The van der Waals surface area contributed by atoms with E-state index in [-0.39, 0.29) is 33.2 Å². The normalized spacial score (nSPS) is 11.6. The van der Waals surface area contributed by atoms with Crippen LogP contribution in [-0.2, 0) is 25.0 Å². The summed E-state index contributed by atoms with van der Waals surface area (Å²) in [5.74, 6) is -1.45. The number of hydrogen-bond donors (Lipinski definition) is 5. The van der Waals surface area contributed by atoms with Crippen LogP contribution in [0.2, 0.25) is 0 Å². The van der Waals surface area contributed by atoms with Crippen molar-refractivity contribution in [3.63, 3.8) is 0 Å². The second-order valence-corrected chi connectivity index (χ2v) is 14.5. The molecule has 0 saturated heterocycles. The molecule has 6 aromatic rings. The number of carbonyl (C=O) groups is 3. The maximum Gasteiger partial charge on any atom is 0.294 e. The number of anilines is 3. The molecule has 15 heteroatoms. The van der Waals surface area contributed by atoms with Gasteiger partial charge in [-0.3, -0.25) is 23.5 Å². The van der Waals surface area contributed by atoms with Crippen LogP contribution >= 0.6 is 0 Å². The highest BCUT2D eigenvalue weighted by molar-refractivity contribution is 7.86. The van der Waals surface area contributed by atoms with E-state index >= 15 is 0 Å². The minimum atomic E-state index is -4.47. The Balaban J connectivity index is 1.31. The molecule has 6 aromatic carbocycles. The van der Waals surface area contributed by atoms with Crippen LogP contribution in [-0.4, -0.2) is 50.3 Å². The van der Waals surface area contributed by atoms with Gasteiger partial charge in [0.1, 0.15) is 5.75 Å². The number of ether oxygens (including phenoxy) is 1. The lowest BCUT2D eigenvalue weighted by atomic mass is 10.1. The van der Waals surface area contributed by atoms with Crippen molar-refractivity contribution >= 4 is 76.6 Å². The molecule has 0 fully saturated rings. The van der Waals surface area contributed by atoms with Crippen LogP contribution in [0, 0.1) is 6.92 Å². The molecular formula is C37H29N3O10S2. The molecule has 0 spiro atoms. The second-order valence-electron chi connectivity index (χ2n) is 11.7. The van der Waals surface area contributed by atoms with Gasteiger partial charge >= 0.3 is 0 Å². The summed E-state index contributed by atoms with van der Waals surface area (Å²) in [4.78, 5) is 39.7. The first kappa shape index (κ1) is 35.7. The quantitative estimate of drug-likeness (QED) is 0.0989. The third kappa shape index (κ3) is 8.25. The number of aryl methyl sites for hydroxylation is 1. The molecular weight excluding hydrogens is 711 g/mol. The molecule has 264 valence electrons. The minimum absolute atomic E-state index is 0.0234. The van der Waals surface area contributed by atoms with Gasteiger partial charge in [0, 0.05) is 39.0 Å². The van der Waals surface area contributed by atoms with Crippen molar-refractivity contribution in [2.45, 2.75) is 16.7 Å². The molecule has 0 aliphatic rings. The van der Waals surface area contributed by atoms with Gasteiger partial charge < -0.3 is 20.7 Å². The number of hydrogen-bond acceptors (Lipinski definition) is 8. The number of rotatable bonds is 10. The Bertz CT molecular complexity index is 2480. The van der Waals surface area contributed by atoms with E-state index in [9.17, 15) is 40.3 Å². The third-order valence-corrected chi connectivity index (χ3v) is 9.63. The number of nitrogens with one attached hydrogen (secondary N) is 3. The predicted octanol–water partition coefficient (Wildman–Crippen LogP) is 6.32. The maximum absolute atomic E-state index is 13.7. The molecule has 6 rings (SSSR count). The molecule has 0 saturated carbocycles. The summed E-state index contributed by atoms with van der Waals surface area (Å²) in [6, 6.07) is 28.4. The zero-order valence-electron chi connectivity index (χ0n) is 27.2. The topological polar surface area (TPSA) is 205 Å². The van der Waals surface area contributed by atoms with E-state index in [1.807, 2.05) is 19.1 Å². The highest BCUT2D eigenvalue weighted by Crippen LogP contribution is 2.29. The Hall–Kier alpha value is -6.13. The molecule has 13 nitrogen and oxygen atoms in total. The first-order valence-corrected chi connectivity index (χ1v) is 18.3. The van der Waals surface area contributed by atoms with Gasteiger partial charge in [-0.1, -0.05) is 54.1 Å². The van der Waals surface area contributed by atoms with Gasteiger partial charge in [0.15, 0.2) is 6.61 Å². The summed E-state index contributed by atoms with van der Waals surface area (Å²) >= 11 is 0. The lowest BCUT2D eigenvalue weighted by molar-refractivity contribution is -0.118. The fourth-order valence-electron chi connectivity index (χ4n) is 5.39. The smallest absolute Gasteiger partial charge is 0.294 e. The summed E-state index contributed by atoms with van der Waals surface area (Å²) in [5, 5.41) is 9.94. The zero-order chi connectivity index (χ0) is 37.2.